The zero-order valence-electron chi connectivity index (χ0n) is 11.1. The molecule has 2 unspecified atom stereocenters. The predicted molar refractivity (Wildman–Crippen MR) is 78.7 cm³/mol. The molecule has 1 aromatic rings. The van der Waals surface area contributed by atoms with Crippen LogP contribution in [0.2, 0.25) is 10.0 Å². The van der Waals surface area contributed by atoms with Crippen LogP contribution in [0.3, 0.4) is 0 Å². The Morgan fingerprint density at radius 1 is 1.42 bits per heavy atom. The molecule has 0 saturated carbocycles. The highest BCUT2D eigenvalue weighted by atomic mass is 35.5. The Morgan fingerprint density at radius 3 is 2.79 bits per heavy atom. The number of nitrogens with zero attached hydrogens (tertiary/aromatic N) is 1. The monoisotopic (exact) mass is 300 g/mol. The first kappa shape index (κ1) is 14.6. The fourth-order valence-corrected chi connectivity index (χ4v) is 2.78. The van der Waals surface area contributed by atoms with Gasteiger partial charge in [0.1, 0.15) is 0 Å². The van der Waals surface area contributed by atoms with Crippen molar-refractivity contribution in [1.29, 1.82) is 0 Å². The number of rotatable bonds is 3. The number of hydrogen-bond donors (Lipinski definition) is 1. The van der Waals surface area contributed by atoms with Crippen LogP contribution in [-0.4, -0.2) is 30.4 Å². The molecule has 5 heteroatoms. The van der Waals surface area contributed by atoms with Crippen molar-refractivity contribution >= 4 is 29.1 Å². The number of halogens is 2. The second-order valence-corrected chi connectivity index (χ2v) is 5.69. The minimum absolute atomic E-state index is 0.109. The largest absolute Gasteiger partial charge is 0.334 e. The summed E-state index contributed by atoms with van der Waals surface area (Å²) >= 11 is 12.0. The third-order valence-corrected chi connectivity index (χ3v) is 4.41. The van der Waals surface area contributed by atoms with Crippen LogP contribution in [0.25, 0.3) is 0 Å². The van der Waals surface area contributed by atoms with Crippen LogP contribution < -0.4 is 5.32 Å². The summed E-state index contributed by atoms with van der Waals surface area (Å²) in [6, 6.07) is 5.56. The van der Waals surface area contributed by atoms with Gasteiger partial charge in [0.25, 0.3) is 0 Å². The van der Waals surface area contributed by atoms with Crippen molar-refractivity contribution in [2.24, 2.45) is 0 Å². The zero-order valence-corrected chi connectivity index (χ0v) is 12.6. The first-order valence-corrected chi connectivity index (χ1v) is 7.23. The Balaban J connectivity index is 2.23. The quantitative estimate of drug-likeness (QED) is 0.929. The van der Waals surface area contributed by atoms with Gasteiger partial charge < -0.3 is 10.2 Å². The Hall–Kier alpha value is -0.770. The molecule has 104 valence electrons. The molecule has 2 rings (SSSR count). The van der Waals surface area contributed by atoms with Gasteiger partial charge in [0.05, 0.1) is 22.1 Å². The summed E-state index contributed by atoms with van der Waals surface area (Å²) in [5, 5.41) is 4.08. The van der Waals surface area contributed by atoms with E-state index in [-0.39, 0.29) is 18.0 Å². The maximum atomic E-state index is 12.3. The Bertz CT molecular complexity index is 479. The lowest BCUT2D eigenvalue weighted by atomic mass is 10.0. The molecule has 0 spiro atoms. The number of carbonyl (C=O) groups excluding carboxylic acids is 1. The molecule has 1 saturated heterocycles. The van der Waals surface area contributed by atoms with Crippen molar-refractivity contribution in [3.63, 3.8) is 0 Å². The number of carbonyl (C=O) groups is 1. The molecule has 0 aromatic heterocycles. The Labute approximate surface area is 123 Å². The summed E-state index contributed by atoms with van der Waals surface area (Å²) in [4.78, 5) is 14.2. The number of amides is 1. The Kier molecular flexibility index (Phi) is 4.71. The van der Waals surface area contributed by atoms with E-state index >= 15 is 0 Å². The lowest BCUT2D eigenvalue weighted by Gasteiger charge is -2.28. The summed E-state index contributed by atoms with van der Waals surface area (Å²) in [7, 11) is 1.80. The molecule has 1 amide bonds. The smallest absolute Gasteiger partial charge is 0.239 e. The Morgan fingerprint density at radius 2 is 2.16 bits per heavy atom. The van der Waals surface area contributed by atoms with Gasteiger partial charge in [-0.3, -0.25) is 4.79 Å². The van der Waals surface area contributed by atoms with Crippen molar-refractivity contribution in [1.82, 2.24) is 10.2 Å². The van der Waals surface area contributed by atoms with E-state index in [2.05, 4.69) is 5.32 Å². The summed E-state index contributed by atoms with van der Waals surface area (Å²) in [6.07, 6.45) is 1.99. The van der Waals surface area contributed by atoms with Gasteiger partial charge in [0.15, 0.2) is 0 Å². The normalized spacial score (nSPS) is 20.6. The molecule has 19 heavy (non-hydrogen) atoms. The highest BCUT2D eigenvalue weighted by molar-refractivity contribution is 6.42. The average Bonchev–Trinajstić information content (AvgIpc) is 2.89. The van der Waals surface area contributed by atoms with Crippen molar-refractivity contribution in [3.8, 4) is 0 Å². The molecule has 0 radical (unpaired) electrons. The number of likely N-dealkylation sites (tertiary alicyclic amines) is 1. The molecule has 0 aliphatic carbocycles. The van der Waals surface area contributed by atoms with Crippen molar-refractivity contribution < 1.29 is 4.79 Å². The SMILES string of the molecule is CNC(C)C(=O)N1CCCC1c1ccc(Cl)c(Cl)c1. The zero-order chi connectivity index (χ0) is 14.0. The molecule has 1 fully saturated rings. The number of likely N-dealkylation sites (N-methyl/N-ethyl adjacent to an activating group) is 1. The third-order valence-electron chi connectivity index (χ3n) is 3.67. The van der Waals surface area contributed by atoms with Crippen molar-refractivity contribution in [2.45, 2.75) is 31.8 Å². The molecule has 1 aliphatic heterocycles. The first-order chi connectivity index (χ1) is 9.04. The van der Waals surface area contributed by atoms with Crippen molar-refractivity contribution in [3.05, 3.63) is 33.8 Å². The third kappa shape index (κ3) is 3.04. The fourth-order valence-electron chi connectivity index (χ4n) is 2.47. The maximum Gasteiger partial charge on any atom is 0.239 e. The second-order valence-electron chi connectivity index (χ2n) is 4.87. The van der Waals surface area contributed by atoms with Gasteiger partial charge in [-0.2, -0.15) is 0 Å². The van der Waals surface area contributed by atoms with Crippen LogP contribution in [0.1, 0.15) is 31.4 Å². The van der Waals surface area contributed by atoms with E-state index in [4.69, 9.17) is 23.2 Å². The molecule has 0 bridgehead atoms. The van der Waals surface area contributed by atoms with E-state index in [1.165, 1.54) is 0 Å². The lowest BCUT2D eigenvalue weighted by molar-refractivity contribution is -0.133. The number of nitrogens with one attached hydrogen (secondary N) is 1. The van der Waals surface area contributed by atoms with Crippen molar-refractivity contribution in [2.75, 3.05) is 13.6 Å². The van der Waals surface area contributed by atoms with Crippen LogP contribution in [-0.2, 0) is 4.79 Å². The van der Waals surface area contributed by atoms with Gasteiger partial charge in [-0.05, 0) is 44.5 Å². The minimum atomic E-state index is -0.164. The molecule has 1 aromatic carbocycles. The molecule has 1 N–H and O–H groups in total. The van der Waals surface area contributed by atoms with Gasteiger partial charge >= 0.3 is 0 Å². The molecule has 2 atom stereocenters. The van der Waals surface area contributed by atoms with Gasteiger partial charge in [-0.25, -0.2) is 0 Å². The number of hydrogen-bond acceptors (Lipinski definition) is 2. The van der Waals surface area contributed by atoms with E-state index in [1.54, 1.807) is 13.1 Å². The van der Waals surface area contributed by atoms with E-state index in [0.717, 1.165) is 24.9 Å². The van der Waals surface area contributed by atoms with E-state index < -0.39 is 0 Å². The molecule has 3 nitrogen and oxygen atoms in total. The predicted octanol–water partition coefficient (Wildman–Crippen LogP) is 3.26. The maximum absolute atomic E-state index is 12.3. The highest BCUT2D eigenvalue weighted by Gasteiger charge is 2.32. The minimum Gasteiger partial charge on any atom is -0.334 e. The summed E-state index contributed by atoms with van der Waals surface area (Å²) in [5.41, 5.74) is 1.06. The molecule has 1 heterocycles. The van der Waals surface area contributed by atoms with Crippen LogP contribution in [0.15, 0.2) is 18.2 Å². The summed E-state index contributed by atoms with van der Waals surface area (Å²) in [6.45, 7) is 2.68. The summed E-state index contributed by atoms with van der Waals surface area (Å²) < 4.78 is 0. The van der Waals surface area contributed by atoms with Crippen LogP contribution in [0, 0.1) is 0 Å². The van der Waals surface area contributed by atoms with E-state index in [0.29, 0.717) is 10.0 Å². The van der Waals surface area contributed by atoms with Crippen LogP contribution in [0.5, 0.6) is 0 Å². The standard InChI is InChI=1S/C14H18Cl2N2O/c1-9(17-2)14(19)18-7-3-4-13(18)10-5-6-11(15)12(16)8-10/h5-6,8-9,13,17H,3-4,7H2,1-2H3. The number of benzene rings is 1. The topological polar surface area (TPSA) is 32.3 Å². The molecule has 1 aliphatic rings. The van der Waals surface area contributed by atoms with Crippen LogP contribution >= 0.6 is 23.2 Å². The molecular weight excluding hydrogens is 283 g/mol. The molecular formula is C14H18Cl2N2O. The lowest BCUT2D eigenvalue weighted by Crippen LogP contribution is -2.43. The van der Waals surface area contributed by atoms with E-state index in [9.17, 15) is 4.79 Å². The van der Waals surface area contributed by atoms with Gasteiger partial charge in [-0.1, -0.05) is 29.3 Å². The average molecular weight is 301 g/mol. The first-order valence-electron chi connectivity index (χ1n) is 6.47. The second kappa shape index (κ2) is 6.12. The van der Waals surface area contributed by atoms with E-state index in [1.807, 2.05) is 24.0 Å². The van der Waals surface area contributed by atoms with Gasteiger partial charge in [0.2, 0.25) is 5.91 Å². The van der Waals surface area contributed by atoms with Crippen LogP contribution in [0.4, 0.5) is 0 Å². The van der Waals surface area contributed by atoms with Gasteiger partial charge in [0, 0.05) is 6.54 Å². The summed E-state index contributed by atoms with van der Waals surface area (Å²) in [5.74, 6) is 0.135. The highest BCUT2D eigenvalue weighted by Crippen LogP contribution is 2.35. The van der Waals surface area contributed by atoms with Gasteiger partial charge in [-0.15, -0.1) is 0 Å². The fraction of sp³-hybridized carbons (Fsp3) is 0.500.